The van der Waals surface area contributed by atoms with Gasteiger partial charge in [0.05, 0.1) is 12.2 Å². The quantitative estimate of drug-likeness (QED) is 0.675. The Hall–Kier alpha value is -1.18. The van der Waals surface area contributed by atoms with Crippen LogP contribution in [0.4, 0.5) is 0 Å². The molecule has 0 aliphatic carbocycles. The molecule has 0 bridgehead atoms. The van der Waals surface area contributed by atoms with Crippen LogP contribution in [0.25, 0.3) is 0 Å². The third-order valence-electron chi connectivity index (χ3n) is 2.26. The first-order valence-corrected chi connectivity index (χ1v) is 6.68. The maximum Gasteiger partial charge on any atom is 0.339 e. The van der Waals surface area contributed by atoms with E-state index in [4.69, 9.17) is 23.7 Å². The van der Waals surface area contributed by atoms with Crippen molar-refractivity contribution in [1.29, 1.82) is 0 Å². The van der Waals surface area contributed by atoms with Crippen LogP contribution in [0.5, 0.6) is 0 Å². The van der Waals surface area contributed by atoms with Gasteiger partial charge in [-0.3, -0.25) is 0 Å². The number of hydrogen-bond donors (Lipinski definition) is 0. The van der Waals surface area contributed by atoms with Crippen LogP contribution >= 0.6 is 0 Å². The van der Waals surface area contributed by atoms with E-state index in [0.29, 0.717) is 6.61 Å². The Bertz CT molecular complexity index is 310. The molecule has 0 N–H and O–H groups in total. The fourth-order valence-corrected chi connectivity index (χ4v) is 1.59. The van der Waals surface area contributed by atoms with Crippen molar-refractivity contribution < 1.29 is 33.3 Å². The molecular formula is C13H22O7. The van der Waals surface area contributed by atoms with E-state index < -0.39 is 30.6 Å². The molecule has 7 heteroatoms. The van der Waals surface area contributed by atoms with Gasteiger partial charge in [0.1, 0.15) is 0 Å². The van der Waals surface area contributed by atoms with E-state index in [2.05, 4.69) is 0 Å². The summed E-state index contributed by atoms with van der Waals surface area (Å²) in [7, 11) is 0. The Morgan fingerprint density at radius 2 is 1.35 bits per heavy atom. The summed E-state index contributed by atoms with van der Waals surface area (Å²) in [5.74, 6) is -1.35. The van der Waals surface area contributed by atoms with Gasteiger partial charge in [-0.25, -0.2) is 9.59 Å². The van der Waals surface area contributed by atoms with Crippen LogP contribution in [0.2, 0.25) is 0 Å². The lowest BCUT2D eigenvalue weighted by atomic mass is 10.2. The van der Waals surface area contributed by atoms with E-state index in [-0.39, 0.29) is 12.2 Å². The van der Waals surface area contributed by atoms with Crippen LogP contribution in [0.1, 0.15) is 34.6 Å². The first kappa shape index (κ1) is 16.9. The average molecular weight is 290 g/mol. The van der Waals surface area contributed by atoms with Gasteiger partial charge in [-0.1, -0.05) is 0 Å². The van der Waals surface area contributed by atoms with E-state index in [0.717, 1.165) is 0 Å². The highest BCUT2D eigenvalue weighted by Gasteiger charge is 2.48. The van der Waals surface area contributed by atoms with Crippen LogP contribution in [0.3, 0.4) is 0 Å². The van der Waals surface area contributed by atoms with Crippen LogP contribution in [-0.2, 0) is 33.3 Å². The van der Waals surface area contributed by atoms with Gasteiger partial charge in [-0.05, 0) is 34.6 Å². The third kappa shape index (κ3) is 4.73. The number of ether oxygens (including phenoxy) is 5. The predicted molar refractivity (Wildman–Crippen MR) is 67.6 cm³/mol. The van der Waals surface area contributed by atoms with Crippen molar-refractivity contribution in [3.63, 3.8) is 0 Å². The van der Waals surface area contributed by atoms with Crippen LogP contribution < -0.4 is 0 Å². The van der Waals surface area contributed by atoms with Crippen molar-refractivity contribution in [3.8, 4) is 0 Å². The minimum atomic E-state index is -1.18. The van der Waals surface area contributed by atoms with Gasteiger partial charge in [0.2, 0.25) is 0 Å². The van der Waals surface area contributed by atoms with Crippen molar-refractivity contribution in [2.24, 2.45) is 0 Å². The highest BCUT2D eigenvalue weighted by atomic mass is 16.9. The topological polar surface area (TPSA) is 80.3 Å². The summed E-state index contributed by atoms with van der Waals surface area (Å²) >= 11 is 0. The summed E-state index contributed by atoms with van der Waals surface area (Å²) in [5, 5.41) is 0. The zero-order valence-electron chi connectivity index (χ0n) is 12.5. The normalized spacial score (nSPS) is 26.1. The van der Waals surface area contributed by atoms with Crippen molar-refractivity contribution in [2.45, 2.75) is 65.5 Å². The monoisotopic (exact) mass is 290 g/mol. The Morgan fingerprint density at radius 3 is 1.65 bits per heavy atom. The van der Waals surface area contributed by atoms with Crippen LogP contribution in [-0.4, -0.2) is 49.4 Å². The molecule has 116 valence electrons. The molecule has 0 amide bonds. The fourth-order valence-electron chi connectivity index (χ4n) is 1.59. The fraction of sp³-hybridized carbons (Fsp3) is 0.846. The number of carbonyl (C=O) groups is 2. The van der Waals surface area contributed by atoms with Gasteiger partial charge in [0.15, 0.2) is 12.2 Å². The number of carbonyl (C=O) groups excluding carboxylic acids is 2. The second-order valence-electron chi connectivity index (χ2n) is 4.83. The Kier molecular flexibility index (Phi) is 6.38. The van der Waals surface area contributed by atoms with E-state index in [1.807, 2.05) is 0 Å². The van der Waals surface area contributed by atoms with Gasteiger partial charge < -0.3 is 23.7 Å². The van der Waals surface area contributed by atoms with E-state index in [1.54, 1.807) is 34.6 Å². The highest BCUT2D eigenvalue weighted by molar-refractivity contribution is 5.86. The molecule has 1 aliphatic rings. The molecule has 0 spiro atoms. The molecule has 0 saturated carbocycles. The van der Waals surface area contributed by atoms with E-state index in [1.165, 1.54) is 0 Å². The molecule has 2 atom stereocenters. The number of rotatable bonds is 6. The molecule has 7 nitrogen and oxygen atoms in total. The zero-order chi connectivity index (χ0) is 15.3. The number of esters is 2. The number of hydrogen-bond acceptors (Lipinski definition) is 7. The van der Waals surface area contributed by atoms with Gasteiger partial charge >= 0.3 is 11.9 Å². The molecule has 0 aromatic rings. The average Bonchev–Trinajstić information content (AvgIpc) is 2.72. The molecule has 2 unspecified atom stereocenters. The lowest BCUT2D eigenvalue weighted by molar-refractivity contribution is -0.242. The first-order valence-electron chi connectivity index (χ1n) is 6.68. The minimum Gasteiger partial charge on any atom is -0.461 e. The van der Waals surface area contributed by atoms with Crippen molar-refractivity contribution in [1.82, 2.24) is 0 Å². The van der Waals surface area contributed by atoms with Crippen molar-refractivity contribution in [3.05, 3.63) is 0 Å². The van der Waals surface area contributed by atoms with Crippen LogP contribution in [0, 0.1) is 0 Å². The summed E-state index contributed by atoms with van der Waals surface area (Å²) < 4.78 is 25.7. The molecular weight excluding hydrogens is 268 g/mol. The molecule has 0 radical (unpaired) electrons. The molecule has 1 saturated heterocycles. The second kappa shape index (κ2) is 7.56. The molecule has 1 rings (SSSR count). The minimum absolute atomic E-state index is 0.320. The lowest BCUT2D eigenvalue weighted by Gasteiger charge is -2.17. The van der Waals surface area contributed by atoms with Crippen LogP contribution in [0.15, 0.2) is 0 Å². The lowest BCUT2D eigenvalue weighted by Crippen LogP contribution is -2.40. The van der Waals surface area contributed by atoms with Crippen molar-refractivity contribution >= 4 is 11.9 Å². The van der Waals surface area contributed by atoms with Gasteiger partial charge in [0, 0.05) is 6.61 Å². The summed E-state index contributed by atoms with van der Waals surface area (Å²) in [6, 6.07) is 0. The molecule has 0 aromatic carbocycles. The summed E-state index contributed by atoms with van der Waals surface area (Å²) in [5.41, 5.74) is 0. The largest absolute Gasteiger partial charge is 0.461 e. The maximum atomic E-state index is 11.9. The standard InChI is InChI=1S/C13H22O7/c1-6-16-13-19-9(11(14)17-7(2)3)10(20-13)12(15)18-8(4)5/h7-10,13H,6H2,1-5H3. The van der Waals surface area contributed by atoms with Crippen molar-refractivity contribution in [2.75, 3.05) is 6.61 Å². The molecule has 1 fully saturated rings. The van der Waals surface area contributed by atoms with E-state index in [9.17, 15) is 9.59 Å². The molecule has 1 heterocycles. The smallest absolute Gasteiger partial charge is 0.339 e. The van der Waals surface area contributed by atoms with E-state index >= 15 is 0 Å². The third-order valence-corrected chi connectivity index (χ3v) is 2.26. The zero-order valence-corrected chi connectivity index (χ0v) is 12.5. The van der Waals surface area contributed by atoms with Gasteiger partial charge in [-0.15, -0.1) is 0 Å². The molecule has 1 aliphatic heterocycles. The first-order chi connectivity index (χ1) is 9.35. The molecule has 0 aromatic heterocycles. The summed E-state index contributed by atoms with van der Waals surface area (Å²) in [6.45, 7) is 7.81. The summed E-state index contributed by atoms with van der Waals surface area (Å²) in [6.07, 6.45) is -3.00. The van der Waals surface area contributed by atoms with Gasteiger partial charge in [-0.2, -0.15) is 0 Å². The predicted octanol–water partition coefficient (Wildman–Crippen LogP) is 0.994. The Balaban J connectivity index is 2.75. The Labute approximate surface area is 118 Å². The summed E-state index contributed by atoms with van der Waals surface area (Å²) in [4.78, 5) is 23.8. The molecule has 20 heavy (non-hydrogen) atoms. The second-order valence-corrected chi connectivity index (χ2v) is 4.83. The highest BCUT2D eigenvalue weighted by Crippen LogP contribution is 2.23. The Morgan fingerprint density at radius 1 is 0.950 bits per heavy atom. The maximum absolute atomic E-state index is 11.9. The van der Waals surface area contributed by atoms with Gasteiger partial charge in [0.25, 0.3) is 6.48 Å². The SMILES string of the molecule is CCOC1OC(C(=O)OC(C)C)C(C(=O)OC(C)C)O1.